The molecule has 2 rings (SSSR count). The van der Waals surface area contributed by atoms with Gasteiger partial charge in [-0.3, -0.25) is 9.00 Å². The molecule has 0 spiro atoms. The minimum absolute atomic E-state index is 0.0719. The topological polar surface area (TPSA) is 67.4 Å². The van der Waals surface area contributed by atoms with E-state index in [0.29, 0.717) is 23.7 Å². The Balaban J connectivity index is 2.02. The summed E-state index contributed by atoms with van der Waals surface area (Å²) in [7, 11) is -0.785. The molecule has 0 radical (unpaired) electrons. The molecular formula is C13H18N2O3S. The molecule has 1 aromatic carbocycles. The highest BCUT2D eigenvalue weighted by Gasteiger charge is 2.17. The molecule has 0 saturated carbocycles. The monoisotopic (exact) mass is 282 g/mol. The number of ether oxygens (including phenoxy) is 1. The third kappa shape index (κ3) is 3.78. The molecule has 2 N–H and O–H groups in total. The fraction of sp³-hybridized carbons (Fsp3) is 0.462. The van der Waals surface area contributed by atoms with Gasteiger partial charge in [-0.2, -0.15) is 0 Å². The molecule has 0 saturated heterocycles. The highest BCUT2D eigenvalue weighted by atomic mass is 32.2. The molecule has 0 bridgehead atoms. The summed E-state index contributed by atoms with van der Waals surface area (Å²) in [6.07, 6.45) is 1.69. The normalized spacial score (nSPS) is 17.1. The highest BCUT2D eigenvalue weighted by molar-refractivity contribution is 7.84. The smallest absolute Gasteiger partial charge is 0.262 e. The zero-order chi connectivity index (χ0) is 13.8. The predicted octanol–water partition coefficient (Wildman–Crippen LogP) is 1.05. The van der Waals surface area contributed by atoms with Crippen molar-refractivity contribution in [3.05, 3.63) is 23.8 Å². The third-order valence-corrected chi connectivity index (χ3v) is 3.76. The Labute approximate surface area is 115 Å². The van der Waals surface area contributed by atoms with Crippen LogP contribution in [0.2, 0.25) is 0 Å². The maximum Gasteiger partial charge on any atom is 0.262 e. The number of benzene rings is 1. The molecule has 19 heavy (non-hydrogen) atoms. The first kappa shape index (κ1) is 14.0. The van der Waals surface area contributed by atoms with Crippen LogP contribution in [-0.2, 0) is 15.6 Å². The van der Waals surface area contributed by atoms with Crippen LogP contribution >= 0.6 is 0 Å². The van der Waals surface area contributed by atoms with Crippen LogP contribution in [0.15, 0.2) is 18.2 Å². The Bertz CT molecular complexity index is 505. The lowest BCUT2D eigenvalue weighted by Gasteiger charge is -2.20. The first-order valence-electron chi connectivity index (χ1n) is 6.16. The lowest BCUT2D eigenvalue weighted by molar-refractivity contribution is -0.118. The molecule has 1 aliphatic heterocycles. The quantitative estimate of drug-likeness (QED) is 0.847. The number of hydrogen-bond acceptors (Lipinski definition) is 4. The molecule has 1 aromatic rings. The molecule has 2 atom stereocenters. The summed E-state index contributed by atoms with van der Waals surface area (Å²) in [5.41, 5.74) is 1.77. The third-order valence-electron chi connectivity index (χ3n) is 2.98. The van der Waals surface area contributed by atoms with Gasteiger partial charge in [0, 0.05) is 35.4 Å². The molecular weight excluding hydrogens is 264 g/mol. The van der Waals surface area contributed by atoms with Crippen molar-refractivity contribution in [3.8, 4) is 5.75 Å². The van der Waals surface area contributed by atoms with Crippen LogP contribution in [0.3, 0.4) is 0 Å². The fourth-order valence-corrected chi connectivity index (χ4v) is 2.31. The van der Waals surface area contributed by atoms with Crippen molar-refractivity contribution in [3.63, 3.8) is 0 Å². The first-order chi connectivity index (χ1) is 9.06. The Morgan fingerprint density at radius 3 is 3.05 bits per heavy atom. The number of rotatable bonds is 5. The lowest BCUT2D eigenvalue weighted by Crippen LogP contribution is -2.26. The van der Waals surface area contributed by atoms with Crippen LogP contribution in [0.4, 0.5) is 5.69 Å². The van der Waals surface area contributed by atoms with Gasteiger partial charge in [0.25, 0.3) is 5.91 Å². The van der Waals surface area contributed by atoms with Gasteiger partial charge in [-0.1, -0.05) is 6.07 Å². The van der Waals surface area contributed by atoms with Crippen molar-refractivity contribution in [2.24, 2.45) is 0 Å². The maximum absolute atomic E-state index is 11.3. The van der Waals surface area contributed by atoms with E-state index in [1.165, 1.54) is 0 Å². The van der Waals surface area contributed by atoms with Gasteiger partial charge in [0.1, 0.15) is 5.75 Å². The van der Waals surface area contributed by atoms with E-state index in [1.54, 1.807) is 6.26 Å². The van der Waals surface area contributed by atoms with Gasteiger partial charge in [0.15, 0.2) is 6.61 Å². The summed E-state index contributed by atoms with van der Waals surface area (Å²) in [6.45, 7) is 2.80. The van der Waals surface area contributed by atoms with Crippen molar-refractivity contribution >= 4 is 22.4 Å². The van der Waals surface area contributed by atoms with E-state index in [0.717, 1.165) is 5.56 Å². The average Bonchev–Trinajstić information content (AvgIpc) is 2.37. The SMILES string of the molecule is CC(NCCS(C)=O)c1ccc2c(c1)NC(=O)CO2. The van der Waals surface area contributed by atoms with E-state index in [4.69, 9.17) is 4.74 Å². The highest BCUT2D eigenvalue weighted by Crippen LogP contribution is 2.30. The van der Waals surface area contributed by atoms with E-state index < -0.39 is 10.8 Å². The number of hydrogen-bond donors (Lipinski definition) is 2. The van der Waals surface area contributed by atoms with Gasteiger partial charge in [0.2, 0.25) is 0 Å². The second-order valence-corrected chi connectivity index (χ2v) is 6.10. The first-order valence-corrected chi connectivity index (χ1v) is 7.89. The van der Waals surface area contributed by atoms with Crippen LogP contribution in [0, 0.1) is 0 Å². The molecule has 0 fully saturated rings. The van der Waals surface area contributed by atoms with Gasteiger partial charge in [-0.15, -0.1) is 0 Å². The number of fused-ring (bicyclic) bond motifs is 1. The van der Waals surface area contributed by atoms with Crippen molar-refractivity contribution in [2.75, 3.05) is 30.5 Å². The summed E-state index contributed by atoms with van der Waals surface area (Å²) in [5.74, 6) is 1.20. The fourth-order valence-electron chi connectivity index (χ4n) is 1.91. The van der Waals surface area contributed by atoms with Crippen molar-refractivity contribution in [1.82, 2.24) is 5.32 Å². The Morgan fingerprint density at radius 2 is 2.32 bits per heavy atom. The van der Waals surface area contributed by atoms with Crippen LogP contribution in [-0.4, -0.2) is 35.3 Å². The van der Waals surface area contributed by atoms with E-state index in [2.05, 4.69) is 10.6 Å². The van der Waals surface area contributed by atoms with E-state index in [1.807, 2.05) is 25.1 Å². The Morgan fingerprint density at radius 1 is 1.53 bits per heavy atom. The van der Waals surface area contributed by atoms with Crippen molar-refractivity contribution in [2.45, 2.75) is 13.0 Å². The standard InChI is InChI=1S/C13H18N2O3S/c1-9(14-5-6-19(2)17)10-3-4-12-11(7-10)15-13(16)8-18-12/h3-4,7,9,14H,5-6,8H2,1-2H3,(H,15,16). The van der Waals surface area contributed by atoms with Crippen LogP contribution < -0.4 is 15.4 Å². The molecule has 6 heteroatoms. The molecule has 1 heterocycles. The average molecular weight is 282 g/mol. The predicted molar refractivity (Wildman–Crippen MR) is 75.9 cm³/mol. The van der Waals surface area contributed by atoms with Gasteiger partial charge < -0.3 is 15.4 Å². The molecule has 0 aliphatic carbocycles. The zero-order valence-electron chi connectivity index (χ0n) is 11.1. The number of amides is 1. The van der Waals surface area contributed by atoms with Crippen LogP contribution in [0.5, 0.6) is 5.75 Å². The largest absolute Gasteiger partial charge is 0.482 e. The molecule has 104 valence electrons. The second kappa shape index (κ2) is 6.16. The summed E-state index contributed by atoms with van der Waals surface area (Å²) in [6, 6.07) is 5.87. The lowest BCUT2D eigenvalue weighted by atomic mass is 10.1. The van der Waals surface area contributed by atoms with Crippen LogP contribution in [0.25, 0.3) is 0 Å². The maximum atomic E-state index is 11.3. The number of carbonyl (C=O) groups is 1. The second-order valence-electron chi connectivity index (χ2n) is 4.55. The van der Waals surface area contributed by atoms with E-state index in [9.17, 15) is 9.00 Å². The van der Waals surface area contributed by atoms with E-state index >= 15 is 0 Å². The van der Waals surface area contributed by atoms with Gasteiger partial charge >= 0.3 is 0 Å². The summed E-state index contributed by atoms with van der Waals surface area (Å²) >= 11 is 0. The van der Waals surface area contributed by atoms with Crippen molar-refractivity contribution < 1.29 is 13.7 Å². The molecule has 2 unspecified atom stereocenters. The molecule has 1 aliphatic rings. The summed E-state index contributed by atoms with van der Waals surface area (Å²) in [4.78, 5) is 11.3. The Hall–Kier alpha value is -1.40. The number of nitrogens with one attached hydrogen (secondary N) is 2. The minimum atomic E-state index is -0.785. The number of anilines is 1. The summed E-state index contributed by atoms with van der Waals surface area (Å²) < 4.78 is 16.3. The summed E-state index contributed by atoms with van der Waals surface area (Å²) in [5, 5.41) is 6.09. The zero-order valence-corrected chi connectivity index (χ0v) is 11.9. The van der Waals surface area contributed by atoms with Gasteiger partial charge in [0.05, 0.1) is 5.69 Å². The van der Waals surface area contributed by atoms with Gasteiger partial charge in [-0.05, 0) is 24.6 Å². The minimum Gasteiger partial charge on any atom is -0.482 e. The molecule has 5 nitrogen and oxygen atoms in total. The molecule has 0 aromatic heterocycles. The molecule has 1 amide bonds. The van der Waals surface area contributed by atoms with Crippen LogP contribution in [0.1, 0.15) is 18.5 Å². The Kier molecular flexibility index (Phi) is 4.55. The van der Waals surface area contributed by atoms with Gasteiger partial charge in [-0.25, -0.2) is 0 Å². The number of carbonyl (C=O) groups excluding carboxylic acids is 1. The van der Waals surface area contributed by atoms with E-state index in [-0.39, 0.29) is 18.6 Å². The van der Waals surface area contributed by atoms with Crippen molar-refractivity contribution in [1.29, 1.82) is 0 Å².